The van der Waals surface area contributed by atoms with Gasteiger partial charge >= 0.3 is 0 Å². The van der Waals surface area contributed by atoms with Gasteiger partial charge in [0.05, 0.1) is 26.2 Å². The molecule has 0 radical (unpaired) electrons. The van der Waals surface area contributed by atoms with Crippen molar-refractivity contribution >= 4 is 32.2 Å². The van der Waals surface area contributed by atoms with Crippen LogP contribution >= 0.6 is 0 Å². The summed E-state index contributed by atoms with van der Waals surface area (Å²) in [4.78, 5) is 0.0547. The van der Waals surface area contributed by atoms with E-state index >= 15 is 0 Å². The lowest BCUT2D eigenvalue weighted by molar-refractivity contribution is 0.327. The van der Waals surface area contributed by atoms with Crippen molar-refractivity contribution in [2.45, 2.75) is 4.90 Å². The van der Waals surface area contributed by atoms with Gasteiger partial charge < -0.3 is 19.5 Å². The minimum atomic E-state index is -3.73. The van der Waals surface area contributed by atoms with Crippen molar-refractivity contribution in [1.82, 2.24) is 0 Å². The number of sulfonamides is 1. The summed E-state index contributed by atoms with van der Waals surface area (Å²) in [7, 11) is 0.962. The topological polar surface area (TPSA) is 99.9 Å². The molecule has 7 nitrogen and oxygen atoms in total. The second-order valence-corrected chi connectivity index (χ2v) is 7.30. The van der Waals surface area contributed by atoms with E-state index in [1.165, 1.54) is 12.1 Å². The molecular weight excluding hydrogens is 368 g/mol. The molecular formula is C19H20N2O5S. The summed E-state index contributed by atoms with van der Waals surface area (Å²) in [5.74, 6) is 1.63. The number of nitrogens with two attached hydrogens (primary N) is 1. The Balaban J connectivity index is 2.10. The van der Waals surface area contributed by atoms with E-state index in [0.29, 0.717) is 22.9 Å². The van der Waals surface area contributed by atoms with E-state index in [4.69, 9.17) is 19.3 Å². The van der Waals surface area contributed by atoms with Gasteiger partial charge in [0.1, 0.15) is 0 Å². The van der Waals surface area contributed by atoms with Crippen molar-refractivity contribution in [3.8, 4) is 17.2 Å². The molecule has 0 atom stereocenters. The molecule has 0 aliphatic rings. The largest absolute Gasteiger partial charge is 0.493 e. The molecule has 3 rings (SSSR count). The second-order valence-electron chi connectivity index (χ2n) is 5.74. The van der Waals surface area contributed by atoms with Gasteiger partial charge in [0, 0.05) is 22.1 Å². The molecule has 0 bridgehead atoms. The van der Waals surface area contributed by atoms with E-state index in [1.54, 1.807) is 33.5 Å². The molecule has 142 valence electrons. The van der Waals surface area contributed by atoms with E-state index in [1.807, 2.05) is 24.3 Å². The van der Waals surface area contributed by atoms with Crippen LogP contribution in [0.4, 0.5) is 11.4 Å². The van der Waals surface area contributed by atoms with E-state index in [2.05, 4.69) is 5.32 Å². The maximum Gasteiger partial charge on any atom is 0.238 e. The molecule has 8 heteroatoms. The van der Waals surface area contributed by atoms with E-state index in [0.717, 1.165) is 16.5 Å². The summed E-state index contributed by atoms with van der Waals surface area (Å²) >= 11 is 0. The third-order valence-corrected chi connectivity index (χ3v) is 5.08. The van der Waals surface area contributed by atoms with Crippen LogP contribution in [-0.2, 0) is 10.0 Å². The molecule has 0 heterocycles. The first-order chi connectivity index (χ1) is 12.9. The number of benzene rings is 3. The number of hydrogen-bond acceptors (Lipinski definition) is 6. The molecule has 0 fully saturated rings. The first-order valence-corrected chi connectivity index (χ1v) is 9.55. The summed E-state index contributed by atoms with van der Waals surface area (Å²) in [5, 5.41) is 10.1. The van der Waals surface area contributed by atoms with Gasteiger partial charge in [-0.2, -0.15) is 0 Å². The Kier molecular flexibility index (Phi) is 5.11. The van der Waals surface area contributed by atoms with Crippen LogP contribution in [0.25, 0.3) is 10.8 Å². The van der Waals surface area contributed by atoms with Crippen LogP contribution < -0.4 is 24.7 Å². The minimum absolute atomic E-state index is 0.0547. The Morgan fingerprint density at radius 2 is 1.52 bits per heavy atom. The van der Waals surface area contributed by atoms with Crippen LogP contribution in [-0.4, -0.2) is 29.7 Å². The van der Waals surface area contributed by atoms with Crippen LogP contribution in [0.2, 0.25) is 0 Å². The zero-order valence-corrected chi connectivity index (χ0v) is 16.0. The predicted octanol–water partition coefficient (Wildman–Crippen LogP) is 3.26. The molecule has 0 aliphatic heterocycles. The second kappa shape index (κ2) is 7.34. The smallest absolute Gasteiger partial charge is 0.238 e. The van der Waals surface area contributed by atoms with Crippen LogP contribution in [0.5, 0.6) is 17.2 Å². The third-order valence-electron chi connectivity index (χ3n) is 4.15. The van der Waals surface area contributed by atoms with Gasteiger partial charge in [-0.15, -0.1) is 0 Å². The molecule has 3 aromatic rings. The van der Waals surface area contributed by atoms with Gasteiger partial charge in [0.25, 0.3) is 0 Å². The Bertz CT molecular complexity index is 1080. The lowest BCUT2D eigenvalue weighted by Crippen LogP contribution is -2.11. The highest BCUT2D eigenvalue weighted by Crippen LogP contribution is 2.45. The van der Waals surface area contributed by atoms with Crippen molar-refractivity contribution in [1.29, 1.82) is 0 Å². The quantitative estimate of drug-likeness (QED) is 0.672. The molecule has 0 saturated carbocycles. The lowest BCUT2D eigenvalue weighted by atomic mass is 10.1. The van der Waals surface area contributed by atoms with Gasteiger partial charge in [-0.25, -0.2) is 13.6 Å². The fourth-order valence-electron chi connectivity index (χ4n) is 2.89. The standard InChI is InChI=1S/C19H20N2O5S/c1-24-17-11-15-14(18(25-2)19(17)26-3)5-4-6-16(15)21-12-7-9-13(10-8-12)27(20,22)23/h4-11,21H,1-3H3,(H2,20,22,23). The lowest BCUT2D eigenvalue weighted by Gasteiger charge is -2.17. The van der Waals surface area contributed by atoms with Crippen molar-refractivity contribution in [3.05, 3.63) is 48.5 Å². The highest BCUT2D eigenvalue weighted by molar-refractivity contribution is 7.89. The number of ether oxygens (including phenoxy) is 3. The number of methoxy groups -OCH3 is 3. The van der Waals surface area contributed by atoms with E-state index in [9.17, 15) is 8.42 Å². The number of primary sulfonamides is 1. The summed E-state index contributed by atoms with van der Waals surface area (Å²) < 4.78 is 39.2. The molecule has 0 unspecified atom stereocenters. The van der Waals surface area contributed by atoms with Crippen molar-refractivity contribution < 1.29 is 22.6 Å². The fraction of sp³-hybridized carbons (Fsp3) is 0.158. The van der Waals surface area contributed by atoms with Crippen LogP contribution in [0.3, 0.4) is 0 Å². The highest BCUT2D eigenvalue weighted by Gasteiger charge is 2.17. The number of anilines is 2. The van der Waals surface area contributed by atoms with E-state index < -0.39 is 10.0 Å². The maximum atomic E-state index is 11.4. The summed E-state index contributed by atoms with van der Waals surface area (Å²) in [6.07, 6.45) is 0. The Morgan fingerprint density at radius 1 is 0.852 bits per heavy atom. The van der Waals surface area contributed by atoms with Crippen LogP contribution in [0.15, 0.2) is 53.4 Å². The van der Waals surface area contributed by atoms with Crippen molar-refractivity contribution in [3.63, 3.8) is 0 Å². The normalized spacial score (nSPS) is 11.3. The monoisotopic (exact) mass is 388 g/mol. The molecule has 0 spiro atoms. The SMILES string of the molecule is COc1cc2c(Nc3ccc(S(N)(=O)=O)cc3)cccc2c(OC)c1OC. The fourth-order valence-corrected chi connectivity index (χ4v) is 3.41. The predicted molar refractivity (Wildman–Crippen MR) is 105 cm³/mol. The summed E-state index contributed by atoms with van der Waals surface area (Å²) in [6.45, 7) is 0. The summed E-state index contributed by atoms with van der Waals surface area (Å²) in [6, 6.07) is 13.8. The summed E-state index contributed by atoms with van der Waals surface area (Å²) in [5.41, 5.74) is 1.51. The van der Waals surface area contributed by atoms with Crippen molar-refractivity contribution in [2.75, 3.05) is 26.6 Å². The minimum Gasteiger partial charge on any atom is -0.493 e. The van der Waals surface area contributed by atoms with Gasteiger partial charge in [-0.1, -0.05) is 12.1 Å². The highest BCUT2D eigenvalue weighted by atomic mass is 32.2. The third kappa shape index (κ3) is 3.62. The van der Waals surface area contributed by atoms with Gasteiger partial charge in [-0.05, 0) is 36.4 Å². The first-order valence-electron chi connectivity index (χ1n) is 8.00. The zero-order valence-electron chi connectivity index (χ0n) is 15.1. The molecule has 3 aromatic carbocycles. The van der Waals surface area contributed by atoms with E-state index in [-0.39, 0.29) is 4.90 Å². The average molecular weight is 388 g/mol. The van der Waals surface area contributed by atoms with Gasteiger partial charge in [0.15, 0.2) is 11.5 Å². The zero-order chi connectivity index (χ0) is 19.6. The molecule has 0 amide bonds. The average Bonchev–Trinajstić information content (AvgIpc) is 2.66. The van der Waals surface area contributed by atoms with Crippen LogP contribution in [0, 0.1) is 0 Å². The molecule has 0 aliphatic carbocycles. The molecule has 0 saturated heterocycles. The number of rotatable bonds is 6. The Morgan fingerprint density at radius 3 is 2.07 bits per heavy atom. The van der Waals surface area contributed by atoms with Crippen LogP contribution in [0.1, 0.15) is 0 Å². The molecule has 3 N–H and O–H groups in total. The maximum absolute atomic E-state index is 11.4. The molecule has 27 heavy (non-hydrogen) atoms. The Hall–Kier alpha value is -2.97. The van der Waals surface area contributed by atoms with Gasteiger partial charge in [0.2, 0.25) is 15.8 Å². The number of hydrogen-bond donors (Lipinski definition) is 2. The van der Waals surface area contributed by atoms with Gasteiger partial charge in [-0.3, -0.25) is 0 Å². The number of nitrogens with one attached hydrogen (secondary N) is 1. The Labute approximate surface area is 157 Å². The first kappa shape index (κ1) is 18.8. The number of fused-ring (bicyclic) bond motifs is 1. The van der Waals surface area contributed by atoms with Crippen molar-refractivity contribution in [2.24, 2.45) is 5.14 Å². The molecule has 0 aromatic heterocycles.